The Hall–Kier alpha value is -0.120. The molecule has 4 atom stereocenters. The van der Waals surface area contributed by atoms with Crippen LogP contribution in [-0.2, 0) is 0 Å². The second-order valence-corrected chi connectivity index (χ2v) is 5.42. The minimum absolute atomic E-state index is 0.0966. The van der Waals surface area contributed by atoms with E-state index < -0.39 is 0 Å². The predicted molar refractivity (Wildman–Crippen MR) is 61.5 cm³/mol. The quantitative estimate of drug-likeness (QED) is 0.712. The van der Waals surface area contributed by atoms with Crippen molar-refractivity contribution in [3.8, 4) is 0 Å². The first kappa shape index (κ1) is 11.4. The lowest BCUT2D eigenvalue weighted by molar-refractivity contribution is 0.0899. The lowest BCUT2D eigenvalue weighted by atomic mass is 9.78. The van der Waals surface area contributed by atoms with Gasteiger partial charge in [-0.25, -0.2) is 0 Å². The van der Waals surface area contributed by atoms with E-state index in [2.05, 4.69) is 11.8 Å². The van der Waals surface area contributed by atoms with Crippen molar-refractivity contribution in [2.24, 2.45) is 17.6 Å². The Bertz CT molecular complexity index is 210. The number of nitrogens with two attached hydrogens (primary N) is 1. The average molecular weight is 212 g/mol. The zero-order valence-corrected chi connectivity index (χ0v) is 9.73. The smallest absolute Gasteiger partial charge is 0.0679 e. The molecule has 1 heterocycles. The molecule has 1 saturated carbocycles. The van der Waals surface area contributed by atoms with E-state index in [0.717, 1.165) is 32.0 Å². The van der Waals surface area contributed by atoms with Crippen LogP contribution in [0.25, 0.3) is 0 Å². The van der Waals surface area contributed by atoms with Gasteiger partial charge in [0.1, 0.15) is 0 Å². The van der Waals surface area contributed by atoms with Crippen LogP contribution < -0.4 is 5.73 Å². The van der Waals surface area contributed by atoms with Gasteiger partial charge >= 0.3 is 0 Å². The number of likely N-dealkylation sites (tertiary alicyclic amines) is 1. The van der Waals surface area contributed by atoms with Crippen LogP contribution in [0.3, 0.4) is 0 Å². The topological polar surface area (TPSA) is 49.5 Å². The predicted octanol–water partition coefficient (Wildman–Crippen LogP) is 0.817. The van der Waals surface area contributed by atoms with E-state index in [0.29, 0.717) is 12.0 Å². The molecular weight excluding hydrogens is 188 g/mol. The summed E-state index contributed by atoms with van der Waals surface area (Å²) in [5, 5.41) is 9.58. The highest BCUT2D eigenvalue weighted by Gasteiger charge is 2.35. The lowest BCUT2D eigenvalue weighted by Crippen LogP contribution is -2.45. The van der Waals surface area contributed by atoms with Crippen molar-refractivity contribution >= 4 is 0 Å². The van der Waals surface area contributed by atoms with E-state index in [1.807, 2.05) is 0 Å². The maximum absolute atomic E-state index is 9.58. The van der Waals surface area contributed by atoms with E-state index >= 15 is 0 Å². The number of rotatable bonds is 2. The van der Waals surface area contributed by atoms with Crippen LogP contribution in [0.4, 0.5) is 0 Å². The molecule has 2 fully saturated rings. The second kappa shape index (κ2) is 4.81. The molecule has 3 N–H and O–H groups in total. The van der Waals surface area contributed by atoms with Gasteiger partial charge in [-0.3, -0.25) is 4.90 Å². The van der Waals surface area contributed by atoms with Gasteiger partial charge < -0.3 is 10.8 Å². The van der Waals surface area contributed by atoms with Gasteiger partial charge in [-0.15, -0.1) is 0 Å². The van der Waals surface area contributed by atoms with Gasteiger partial charge in [-0.05, 0) is 37.6 Å². The molecule has 88 valence electrons. The number of hydrogen-bond acceptors (Lipinski definition) is 3. The summed E-state index contributed by atoms with van der Waals surface area (Å²) >= 11 is 0. The summed E-state index contributed by atoms with van der Waals surface area (Å²) in [7, 11) is 0. The number of aliphatic hydroxyl groups excluding tert-OH is 1. The van der Waals surface area contributed by atoms with Crippen LogP contribution in [0.2, 0.25) is 0 Å². The molecule has 0 bridgehead atoms. The fourth-order valence-corrected chi connectivity index (χ4v) is 3.21. The molecule has 3 nitrogen and oxygen atoms in total. The average Bonchev–Trinajstić information content (AvgIpc) is 2.65. The summed E-state index contributed by atoms with van der Waals surface area (Å²) in [5.74, 6) is 1.49. The van der Waals surface area contributed by atoms with E-state index in [1.54, 1.807) is 0 Å². The maximum Gasteiger partial charge on any atom is 0.0679 e. The monoisotopic (exact) mass is 212 g/mol. The summed E-state index contributed by atoms with van der Waals surface area (Å²) in [6.07, 6.45) is 4.72. The van der Waals surface area contributed by atoms with Gasteiger partial charge in [0.15, 0.2) is 0 Å². The van der Waals surface area contributed by atoms with Crippen LogP contribution in [0.1, 0.15) is 32.6 Å². The van der Waals surface area contributed by atoms with Gasteiger partial charge in [0.2, 0.25) is 0 Å². The Kier molecular flexibility index (Phi) is 3.65. The third-order valence-electron chi connectivity index (χ3n) is 4.18. The van der Waals surface area contributed by atoms with Crippen LogP contribution in [-0.4, -0.2) is 41.8 Å². The first-order valence-corrected chi connectivity index (χ1v) is 6.33. The van der Waals surface area contributed by atoms with Crippen molar-refractivity contribution in [1.29, 1.82) is 0 Å². The Morgan fingerprint density at radius 2 is 2.13 bits per heavy atom. The molecule has 0 aromatic heterocycles. The molecule has 0 radical (unpaired) electrons. The Morgan fingerprint density at radius 3 is 2.73 bits per heavy atom. The third-order valence-corrected chi connectivity index (χ3v) is 4.18. The van der Waals surface area contributed by atoms with Crippen LogP contribution in [0.5, 0.6) is 0 Å². The zero-order chi connectivity index (χ0) is 10.8. The highest BCUT2D eigenvalue weighted by molar-refractivity contribution is 4.89. The molecule has 2 aliphatic rings. The first-order chi connectivity index (χ1) is 7.20. The Labute approximate surface area is 92.6 Å². The van der Waals surface area contributed by atoms with Crippen molar-refractivity contribution in [2.75, 3.05) is 19.6 Å². The molecule has 0 spiro atoms. The van der Waals surface area contributed by atoms with E-state index in [1.165, 1.54) is 19.3 Å². The maximum atomic E-state index is 9.58. The SMILES string of the molecule is CC1CCC(CN)C(N2CCC(O)C2)C1. The normalized spacial score (nSPS) is 43.4. The van der Waals surface area contributed by atoms with Gasteiger partial charge in [-0.2, -0.15) is 0 Å². The summed E-state index contributed by atoms with van der Waals surface area (Å²) < 4.78 is 0. The fourth-order valence-electron chi connectivity index (χ4n) is 3.21. The number of hydrogen-bond donors (Lipinski definition) is 2. The van der Waals surface area contributed by atoms with Crippen molar-refractivity contribution in [3.63, 3.8) is 0 Å². The molecule has 4 unspecified atom stereocenters. The van der Waals surface area contributed by atoms with Crippen LogP contribution in [0, 0.1) is 11.8 Å². The number of aliphatic hydroxyl groups is 1. The fraction of sp³-hybridized carbons (Fsp3) is 1.00. The molecule has 1 saturated heterocycles. The van der Waals surface area contributed by atoms with Crippen LogP contribution >= 0.6 is 0 Å². The molecule has 1 aliphatic heterocycles. The van der Waals surface area contributed by atoms with Crippen molar-refractivity contribution in [2.45, 2.75) is 44.8 Å². The van der Waals surface area contributed by atoms with Gasteiger partial charge in [0.25, 0.3) is 0 Å². The highest BCUT2D eigenvalue weighted by Crippen LogP contribution is 2.33. The molecule has 2 rings (SSSR count). The molecule has 15 heavy (non-hydrogen) atoms. The van der Waals surface area contributed by atoms with Crippen molar-refractivity contribution in [1.82, 2.24) is 4.90 Å². The van der Waals surface area contributed by atoms with Crippen molar-refractivity contribution < 1.29 is 5.11 Å². The van der Waals surface area contributed by atoms with Crippen LogP contribution in [0.15, 0.2) is 0 Å². The van der Waals surface area contributed by atoms with E-state index in [-0.39, 0.29) is 6.10 Å². The molecule has 3 heteroatoms. The molecule has 1 aliphatic carbocycles. The first-order valence-electron chi connectivity index (χ1n) is 6.33. The lowest BCUT2D eigenvalue weighted by Gasteiger charge is -2.40. The summed E-state index contributed by atoms with van der Waals surface area (Å²) in [4.78, 5) is 2.47. The highest BCUT2D eigenvalue weighted by atomic mass is 16.3. The second-order valence-electron chi connectivity index (χ2n) is 5.42. The minimum atomic E-state index is -0.0966. The molecule has 0 aromatic carbocycles. The molecular formula is C12H24N2O. The molecule has 0 amide bonds. The van der Waals surface area contributed by atoms with Gasteiger partial charge in [0, 0.05) is 19.1 Å². The largest absolute Gasteiger partial charge is 0.392 e. The standard InChI is InChI=1S/C12H24N2O/c1-9-2-3-10(7-13)12(6-9)14-5-4-11(15)8-14/h9-12,15H,2-8,13H2,1H3. The summed E-state index contributed by atoms with van der Waals surface area (Å²) in [6, 6.07) is 0.635. The van der Waals surface area contributed by atoms with Crippen molar-refractivity contribution in [3.05, 3.63) is 0 Å². The number of nitrogens with zero attached hydrogens (tertiary/aromatic N) is 1. The molecule has 0 aromatic rings. The number of β-amino-alcohol motifs (C(OH)–C–C–N with tert-alkyl or cyclic N) is 1. The Morgan fingerprint density at radius 1 is 1.33 bits per heavy atom. The minimum Gasteiger partial charge on any atom is -0.392 e. The Balaban J connectivity index is 1.97. The third kappa shape index (κ3) is 2.52. The summed E-state index contributed by atoms with van der Waals surface area (Å²) in [5.41, 5.74) is 5.85. The summed E-state index contributed by atoms with van der Waals surface area (Å²) in [6.45, 7) is 5.08. The zero-order valence-electron chi connectivity index (χ0n) is 9.73. The van der Waals surface area contributed by atoms with Gasteiger partial charge in [0.05, 0.1) is 6.10 Å². The van der Waals surface area contributed by atoms with Gasteiger partial charge in [-0.1, -0.05) is 13.3 Å². The van der Waals surface area contributed by atoms with E-state index in [4.69, 9.17) is 5.73 Å². The van der Waals surface area contributed by atoms with E-state index in [9.17, 15) is 5.11 Å².